The standard InChI is InChI=1S/C24H39NO/c1-4-5-14-25-23(26)20-15-21-18(16(20)2)11-12-22-19(21)10-9-17-8-6-7-13-24(17,22)3/h15-19,21-22H,4-14H2,1-3H3,(H,25,26)/t16-,17+,18-,19-,21+,22-,24-/m0/s1. The maximum Gasteiger partial charge on any atom is 0.247 e. The lowest BCUT2D eigenvalue weighted by molar-refractivity contribution is -0.118. The average Bonchev–Trinajstić information content (AvgIpc) is 2.98. The van der Waals surface area contributed by atoms with Crippen LogP contribution >= 0.6 is 0 Å². The summed E-state index contributed by atoms with van der Waals surface area (Å²) in [6, 6.07) is 0. The summed E-state index contributed by atoms with van der Waals surface area (Å²) in [5.41, 5.74) is 1.71. The smallest absolute Gasteiger partial charge is 0.247 e. The minimum Gasteiger partial charge on any atom is -0.352 e. The van der Waals surface area contributed by atoms with E-state index in [0.717, 1.165) is 48.6 Å². The van der Waals surface area contributed by atoms with Gasteiger partial charge in [-0.2, -0.15) is 0 Å². The van der Waals surface area contributed by atoms with Crippen LogP contribution in [0.1, 0.15) is 85.0 Å². The maximum absolute atomic E-state index is 12.7. The molecular formula is C24H39NO. The molecule has 0 aromatic heterocycles. The maximum atomic E-state index is 12.7. The molecule has 1 amide bonds. The summed E-state index contributed by atoms with van der Waals surface area (Å²) in [6.45, 7) is 7.97. The molecule has 0 saturated heterocycles. The third-order valence-corrected chi connectivity index (χ3v) is 9.05. The molecule has 0 heterocycles. The van der Waals surface area contributed by atoms with Crippen molar-refractivity contribution in [3.63, 3.8) is 0 Å². The fraction of sp³-hybridized carbons (Fsp3) is 0.875. The van der Waals surface area contributed by atoms with Crippen molar-refractivity contribution in [3.05, 3.63) is 11.6 Å². The molecule has 0 unspecified atom stereocenters. The quantitative estimate of drug-likeness (QED) is 0.640. The summed E-state index contributed by atoms with van der Waals surface area (Å²) in [4.78, 5) is 12.7. The number of fused-ring (bicyclic) bond motifs is 5. The molecule has 4 rings (SSSR count). The zero-order valence-corrected chi connectivity index (χ0v) is 17.2. The summed E-state index contributed by atoms with van der Waals surface area (Å²) in [5.74, 6) is 4.83. The number of nitrogens with one attached hydrogen (secondary N) is 1. The summed E-state index contributed by atoms with van der Waals surface area (Å²) in [5, 5.41) is 3.18. The Balaban J connectivity index is 1.52. The number of rotatable bonds is 4. The SMILES string of the molecule is CCCCNC(=O)C1=C[C@@H]2[C@@H](CC[C@H]3[C@H]2CC[C@H]2CCCC[C@@]23C)[C@@H]1C. The van der Waals surface area contributed by atoms with Gasteiger partial charge >= 0.3 is 0 Å². The molecule has 3 saturated carbocycles. The molecule has 4 aliphatic rings. The van der Waals surface area contributed by atoms with Gasteiger partial charge in [0.15, 0.2) is 0 Å². The van der Waals surface area contributed by atoms with Crippen LogP contribution in [0.2, 0.25) is 0 Å². The van der Waals surface area contributed by atoms with Gasteiger partial charge in [-0.25, -0.2) is 0 Å². The molecule has 2 heteroatoms. The summed E-state index contributed by atoms with van der Waals surface area (Å²) in [7, 11) is 0. The molecule has 0 aromatic rings. The third-order valence-electron chi connectivity index (χ3n) is 9.05. The van der Waals surface area contributed by atoms with Gasteiger partial charge in [0.2, 0.25) is 5.91 Å². The Labute approximate surface area is 160 Å². The van der Waals surface area contributed by atoms with Crippen LogP contribution in [0.5, 0.6) is 0 Å². The van der Waals surface area contributed by atoms with E-state index in [1.165, 1.54) is 51.4 Å². The lowest BCUT2D eigenvalue weighted by Crippen LogP contribution is -2.50. The molecule has 0 bridgehead atoms. The van der Waals surface area contributed by atoms with Crippen LogP contribution < -0.4 is 5.32 Å². The van der Waals surface area contributed by atoms with Gasteiger partial charge in [0.05, 0.1) is 0 Å². The number of unbranched alkanes of at least 4 members (excludes halogenated alkanes) is 1. The zero-order chi connectivity index (χ0) is 18.3. The fourth-order valence-corrected chi connectivity index (χ4v) is 7.55. The Morgan fingerprint density at radius 3 is 2.77 bits per heavy atom. The van der Waals surface area contributed by atoms with Gasteiger partial charge in [0.25, 0.3) is 0 Å². The number of hydrogen-bond donors (Lipinski definition) is 1. The Hall–Kier alpha value is -0.790. The second-order valence-corrected chi connectivity index (χ2v) is 10.1. The number of carbonyl (C=O) groups excluding carboxylic acids is 1. The van der Waals surface area contributed by atoms with E-state index in [0.29, 0.717) is 17.3 Å². The minimum absolute atomic E-state index is 0.231. The normalized spacial score (nSPS) is 44.5. The van der Waals surface area contributed by atoms with Crippen molar-refractivity contribution in [2.24, 2.45) is 40.9 Å². The zero-order valence-electron chi connectivity index (χ0n) is 17.2. The van der Waals surface area contributed by atoms with E-state index in [4.69, 9.17) is 0 Å². The number of allylic oxidation sites excluding steroid dienone is 1. The molecule has 4 aliphatic carbocycles. The van der Waals surface area contributed by atoms with Gasteiger partial charge in [-0.15, -0.1) is 0 Å². The van der Waals surface area contributed by atoms with Gasteiger partial charge in [0, 0.05) is 12.1 Å². The second kappa shape index (κ2) is 7.32. The van der Waals surface area contributed by atoms with Crippen LogP contribution in [-0.4, -0.2) is 12.5 Å². The van der Waals surface area contributed by atoms with Gasteiger partial charge in [0.1, 0.15) is 0 Å². The predicted molar refractivity (Wildman–Crippen MR) is 108 cm³/mol. The molecule has 1 N–H and O–H groups in total. The van der Waals surface area contributed by atoms with Crippen molar-refractivity contribution in [1.82, 2.24) is 5.32 Å². The highest BCUT2D eigenvalue weighted by atomic mass is 16.1. The fourth-order valence-electron chi connectivity index (χ4n) is 7.55. The first-order valence-electron chi connectivity index (χ1n) is 11.6. The molecule has 7 atom stereocenters. The van der Waals surface area contributed by atoms with Gasteiger partial charge in [-0.05, 0) is 85.9 Å². The highest BCUT2D eigenvalue weighted by Crippen LogP contribution is 2.63. The van der Waals surface area contributed by atoms with Crippen molar-refractivity contribution in [1.29, 1.82) is 0 Å². The molecule has 146 valence electrons. The van der Waals surface area contributed by atoms with Gasteiger partial charge in [-0.1, -0.05) is 46.1 Å². The summed E-state index contributed by atoms with van der Waals surface area (Å²) >= 11 is 0. The Kier molecular flexibility index (Phi) is 5.23. The highest BCUT2D eigenvalue weighted by molar-refractivity contribution is 5.94. The molecular weight excluding hydrogens is 318 g/mol. The molecule has 3 fully saturated rings. The van der Waals surface area contributed by atoms with E-state index in [9.17, 15) is 4.79 Å². The van der Waals surface area contributed by atoms with E-state index in [1.807, 2.05) is 0 Å². The molecule has 0 aliphatic heterocycles. The van der Waals surface area contributed by atoms with E-state index >= 15 is 0 Å². The average molecular weight is 358 g/mol. The summed E-state index contributed by atoms with van der Waals surface area (Å²) in [6.07, 6.45) is 16.1. The van der Waals surface area contributed by atoms with Crippen molar-refractivity contribution < 1.29 is 4.79 Å². The van der Waals surface area contributed by atoms with Crippen LogP contribution in [0.3, 0.4) is 0 Å². The molecule has 0 spiro atoms. The number of hydrogen-bond acceptors (Lipinski definition) is 1. The van der Waals surface area contributed by atoms with Crippen LogP contribution in [0.15, 0.2) is 11.6 Å². The van der Waals surface area contributed by atoms with E-state index in [1.54, 1.807) is 0 Å². The highest BCUT2D eigenvalue weighted by Gasteiger charge is 2.55. The molecule has 26 heavy (non-hydrogen) atoms. The minimum atomic E-state index is 0.231. The van der Waals surface area contributed by atoms with Crippen LogP contribution in [0.25, 0.3) is 0 Å². The van der Waals surface area contributed by atoms with Gasteiger partial charge < -0.3 is 5.32 Å². The second-order valence-electron chi connectivity index (χ2n) is 10.1. The van der Waals surface area contributed by atoms with Crippen molar-refractivity contribution in [2.45, 2.75) is 85.0 Å². The van der Waals surface area contributed by atoms with Crippen LogP contribution in [0.4, 0.5) is 0 Å². The largest absolute Gasteiger partial charge is 0.352 e. The Bertz CT molecular complexity index is 567. The monoisotopic (exact) mass is 357 g/mol. The first-order valence-corrected chi connectivity index (χ1v) is 11.6. The Morgan fingerprint density at radius 1 is 1.15 bits per heavy atom. The first-order chi connectivity index (χ1) is 12.6. The van der Waals surface area contributed by atoms with Crippen molar-refractivity contribution in [3.8, 4) is 0 Å². The molecule has 0 aromatic carbocycles. The lowest BCUT2D eigenvalue weighted by atomic mass is 9.47. The topological polar surface area (TPSA) is 29.1 Å². The number of carbonyl (C=O) groups is 1. The third kappa shape index (κ3) is 2.96. The molecule has 0 radical (unpaired) electrons. The van der Waals surface area contributed by atoms with Crippen molar-refractivity contribution >= 4 is 5.91 Å². The van der Waals surface area contributed by atoms with E-state index in [-0.39, 0.29) is 5.91 Å². The first kappa shape index (κ1) is 18.6. The van der Waals surface area contributed by atoms with E-state index < -0.39 is 0 Å². The summed E-state index contributed by atoms with van der Waals surface area (Å²) < 4.78 is 0. The van der Waals surface area contributed by atoms with Crippen molar-refractivity contribution in [2.75, 3.05) is 6.54 Å². The Morgan fingerprint density at radius 2 is 1.96 bits per heavy atom. The predicted octanol–water partition coefficient (Wildman–Crippen LogP) is 5.73. The van der Waals surface area contributed by atoms with E-state index in [2.05, 4.69) is 32.2 Å². The van der Waals surface area contributed by atoms with Crippen LogP contribution in [-0.2, 0) is 4.79 Å². The molecule has 2 nitrogen and oxygen atoms in total. The van der Waals surface area contributed by atoms with Crippen LogP contribution in [0, 0.1) is 40.9 Å². The lowest BCUT2D eigenvalue weighted by Gasteiger charge is -2.58. The van der Waals surface area contributed by atoms with Gasteiger partial charge in [-0.3, -0.25) is 4.79 Å². The number of amides is 1.